The van der Waals surface area contributed by atoms with Gasteiger partial charge >= 0.3 is 12.1 Å². The first-order valence-electron chi connectivity index (χ1n) is 11.5. The normalized spacial score (nSPS) is 17.8. The molecule has 8 nitrogen and oxygen atoms in total. The first-order chi connectivity index (χ1) is 16.7. The van der Waals surface area contributed by atoms with Gasteiger partial charge in [-0.15, -0.1) is 0 Å². The molecule has 0 aliphatic carbocycles. The maximum atomic E-state index is 12.9. The number of benzene rings is 2. The molecule has 0 spiro atoms. The van der Waals surface area contributed by atoms with Crippen molar-refractivity contribution < 1.29 is 19.1 Å². The molecule has 1 aromatic heterocycles. The monoisotopic (exact) mass is 474 g/mol. The molecular weight excluding hydrogens is 444 g/mol. The van der Waals surface area contributed by atoms with Crippen LogP contribution in [0.15, 0.2) is 61.2 Å². The number of carbonyl (C=O) groups excluding carboxylic acids is 2. The lowest BCUT2D eigenvalue weighted by Crippen LogP contribution is -2.43. The Bertz CT molecular complexity index is 1230. The minimum atomic E-state index is -0.779. The Balaban J connectivity index is 1.74. The fourth-order valence-corrected chi connectivity index (χ4v) is 4.15. The van der Waals surface area contributed by atoms with E-state index < -0.39 is 23.7 Å². The molecule has 2 heterocycles. The van der Waals surface area contributed by atoms with Gasteiger partial charge in [-0.2, -0.15) is 15.0 Å². The number of likely N-dealkylation sites (tertiary alicyclic amines) is 1. The molecule has 1 aliphatic heterocycles. The van der Waals surface area contributed by atoms with Crippen molar-refractivity contribution in [2.75, 3.05) is 13.7 Å². The molecular formula is C27H30N4O4. The van der Waals surface area contributed by atoms with Gasteiger partial charge < -0.3 is 9.47 Å². The summed E-state index contributed by atoms with van der Waals surface area (Å²) in [5.41, 5.74) is 3.54. The molecule has 0 unspecified atom stereocenters. The molecule has 0 N–H and O–H groups in total. The maximum Gasteiger partial charge on any atom is 0.411 e. The van der Waals surface area contributed by atoms with Crippen molar-refractivity contribution in [1.82, 2.24) is 19.9 Å². The number of hydrogen-bond acceptors (Lipinski definition) is 6. The molecule has 1 saturated heterocycles. The van der Waals surface area contributed by atoms with Crippen LogP contribution in [0, 0.1) is 0 Å². The van der Waals surface area contributed by atoms with Crippen molar-refractivity contribution >= 4 is 18.1 Å². The average Bonchev–Trinajstić information content (AvgIpc) is 3.48. The summed E-state index contributed by atoms with van der Waals surface area (Å²) in [7, 11) is 1.31. The van der Waals surface area contributed by atoms with Gasteiger partial charge in [-0.05, 0) is 32.4 Å². The van der Waals surface area contributed by atoms with Crippen LogP contribution in [0.3, 0.4) is 0 Å². The summed E-state index contributed by atoms with van der Waals surface area (Å²) in [5, 5.41) is 9.67. The zero-order valence-corrected chi connectivity index (χ0v) is 20.5. The molecule has 4 rings (SSSR count). The number of hydrogen-bond donors (Lipinski definition) is 0. The zero-order valence-electron chi connectivity index (χ0n) is 20.5. The molecule has 0 radical (unpaired) electrons. The Morgan fingerprint density at radius 1 is 1.03 bits per heavy atom. The van der Waals surface area contributed by atoms with Crippen molar-refractivity contribution in [2.24, 2.45) is 0 Å². The predicted octanol–water partition coefficient (Wildman–Crippen LogP) is 4.98. The molecule has 0 saturated carbocycles. The van der Waals surface area contributed by atoms with E-state index in [1.807, 2.05) is 54.6 Å². The van der Waals surface area contributed by atoms with Crippen LogP contribution in [0.4, 0.5) is 4.79 Å². The van der Waals surface area contributed by atoms with Crippen LogP contribution in [0.25, 0.3) is 28.6 Å². The van der Waals surface area contributed by atoms with Gasteiger partial charge in [0.2, 0.25) is 0 Å². The Hall–Kier alpha value is -3.94. The standard InChI is InChI=1S/C27H30N4O4/c1-6-18-11-10-14-20(15-18)24-23(19-12-8-7-9-13-19)28-31(29-24)21-16-22(25(32)34-5)30(17-21)26(33)35-27(2,3)4/h6-15,21-22H,1,16-17H2,2-5H3/t21-,22+/m1/s1. The van der Waals surface area contributed by atoms with Crippen LogP contribution in [-0.2, 0) is 14.3 Å². The van der Waals surface area contributed by atoms with Gasteiger partial charge in [0.05, 0.1) is 13.2 Å². The summed E-state index contributed by atoms with van der Waals surface area (Å²) in [6, 6.07) is 16.6. The summed E-state index contributed by atoms with van der Waals surface area (Å²) in [6.07, 6.45) is 1.54. The Morgan fingerprint density at radius 2 is 1.69 bits per heavy atom. The lowest BCUT2D eigenvalue weighted by Gasteiger charge is -2.27. The fraction of sp³-hybridized carbons (Fsp3) is 0.333. The van der Waals surface area contributed by atoms with E-state index in [1.165, 1.54) is 12.0 Å². The second-order valence-corrected chi connectivity index (χ2v) is 9.47. The Labute approximate surface area is 205 Å². The lowest BCUT2D eigenvalue weighted by molar-refractivity contribution is -0.145. The number of esters is 1. The van der Waals surface area contributed by atoms with Gasteiger partial charge in [0, 0.05) is 24.1 Å². The molecule has 3 aromatic rings. The maximum absolute atomic E-state index is 12.9. The topological polar surface area (TPSA) is 86.6 Å². The molecule has 1 aliphatic rings. The van der Waals surface area contributed by atoms with Gasteiger partial charge in [-0.3, -0.25) is 4.90 Å². The number of methoxy groups -OCH3 is 1. The Kier molecular flexibility index (Phi) is 6.73. The summed E-state index contributed by atoms with van der Waals surface area (Å²) >= 11 is 0. The van der Waals surface area contributed by atoms with Crippen molar-refractivity contribution in [3.8, 4) is 22.5 Å². The molecule has 2 atom stereocenters. The molecule has 35 heavy (non-hydrogen) atoms. The molecule has 2 aromatic carbocycles. The summed E-state index contributed by atoms with van der Waals surface area (Å²) in [4.78, 5) is 28.4. The van der Waals surface area contributed by atoms with Crippen molar-refractivity contribution in [3.63, 3.8) is 0 Å². The number of ether oxygens (including phenoxy) is 2. The van der Waals surface area contributed by atoms with E-state index in [4.69, 9.17) is 19.7 Å². The highest BCUT2D eigenvalue weighted by molar-refractivity contribution is 5.82. The van der Waals surface area contributed by atoms with E-state index in [2.05, 4.69) is 6.58 Å². The molecule has 182 valence electrons. The third-order valence-corrected chi connectivity index (χ3v) is 5.78. The largest absolute Gasteiger partial charge is 0.467 e. The smallest absolute Gasteiger partial charge is 0.411 e. The molecule has 0 bridgehead atoms. The number of amides is 1. The van der Waals surface area contributed by atoms with Gasteiger partial charge in [0.1, 0.15) is 23.0 Å². The first kappa shape index (κ1) is 24.2. The fourth-order valence-electron chi connectivity index (χ4n) is 4.15. The zero-order chi connectivity index (χ0) is 25.2. The third-order valence-electron chi connectivity index (χ3n) is 5.78. The van der Waals surface area contributed by atoms with E-state index in [-0.39, 0.29) is 12.6 Å². The van der Waals surface area contributed by atoms with E-state index in [0.29, 0.717) is 12.1 Å². The van der Waals surface area contributed by atoms with E-state index >= 15 is 0 Å². The second kappa shape index (κ2) is 9.74. The number of rotatable bonds is 5. The SMILES string of the molecule is C=Cc1cccc(-c2nn([C@@H]3C[C@@H](C(=O)OC)N(C(=O)OC(C)(C)C)C3)nc2-c2ccccc2)c1. The van der Waals surface area contributed by atoms with Crippen molar-refractivity contribution in [3.05, 3.63) is 66.7 Å². The quantitative estimate of drug-likeness (QED) is 0.485. The minimum absolute atomic E-state index is 0.226. The summed E-state index contributed by atoms with van der Waals surface area (Å²) in [5.74, 6) is -0.493. The molecule has 8 heteroatoms. The highest BCUT2D eigenvalue weighted by Gasteiger charge is 2.44. The molecule has 1 amide bonds. The van der Waals surface area contributed by atoms with E-state index in [1.54, 1.807) is 31.6 Å². The minimum Gasteiger partial charge on any atom is -0.467 e. The number of carbonyl (C=O) groups is 2. The van der Waals surface area contributed by atoms with Crippen LogP contribution < -0.4 is 0 Å². The molecule has 1 fully saturated rings. The van der Waals surface area contributed by atoms with E-state index in [0.717, 1.165) is 22.4 Å². The first-order valence-corrected chi connectivity index (χ1v) is 11.5. The summed E-state index contributed by atoms with van der Waals surface area (Å²) in [6.45, 7) is 9.45. The van der Waals surface area contributed by atoms with Crippen LogP contribution in [-0.4, -0.2) is 57.3 Å². The third kappa shape index (κ3) is 5.26. The number of nitrogens with zero attached hydrogens (tertiary/aromatic N) is 4. The average molecular weight is 475 g/mol. The summed E-state index contributed by atoms with van der Waals surface area (Å²) < 4.78 is 10.5. The van der Waals surface area contributed by atoms with Crippen molar-refractivity contribution in [2.45, 2.75) is 44.9 Å². The predicted molar refractivity (Wildman–Crippen MR) is 133 cm³/mol. The highest BCUT2D eigenvalue weighted by atomic mass is 16.6. The van der Waals surface area contributed by atoms with Gasteiger partial charge in [0.15, 0.2) is 0 Å². The van der Waals surface area contributed by atoms with E-state index in [9.17, 15) is 9.59 Å². The lowest BCUT2D eigenvalue weighted by atomic mass is 10.0. The van der Waals surface area contributed by atoms with Crippen LogP contribution in [0.1, 0.15) is 38.8 Å². The highest BCUT2D eigenvalue weighted by Crippen LogP contribution is 2.34. The van der Waals surface area contributed by atoms with Gasteiger partial charge in [-0.25, -0.2) is 9.59 Å². The van der Waals surface area contributed by atoms with Crippen LogP contribution in [0.5, 0.6) is 0 Å². The Morgan fingerprint density at radius 3 is 2.31 bits per heavy atom. The van der Waals surface area contributed by atoms with Crippen LogP contribution in [0.2, 0.25) is 0 Å². The number of aromatic nitrogens is 3. The van der Waals surface area contributed by atoms with Gasteiger partial charge in [-0.1, -0.05) is 61.2 Å². The van der Waals surface area contributed by atoms with Crippen molar-refractivity contribution in [1.29, 1.82) is 0 Å². The van der Waals surface area contributed by atoms with Gasteiger partial charge in [0.25, 0.3) is 0 Å². The van der Waals surface area contributed by atoms with Crippen LogP contribution >= 0.6 is 0 Å². The second-order valence-electron chi connectivity index (χ2n) is 9.47.